The number of nitrogens with one attached hydrogen (secondary N) is 1. The van der Waals surface area contributed by atoms with Gasteiger partial charge in [0.2, 0.25) is 0 Å². The number of fused-ring (bicyclic) bond motifs is 1. The Kier molecular flexibility index (Phi) is 6.70. The van der Waals surface area contributed by atoms with Gasteiger partial charge in [0.1, 0.15) is 5.75 Å². The van der Waals surface area contributed by atoms with Gasteiger partial charge in [-0.25, -0.2) is 0 Å². The molecule has 0 spiro atoms. The summed E-state index contributed by atoms with van der Waals surface area (Å²) in [4.78, 5) is 20.1. The van der Waals surface area contributed by atoms with Crippen LogP contribution in [-0.2, 0) is 6.42 Å². The molecular formula is C24H31ClN4O2. The zero-order chi connectivity index (χ0) is 22.0. The van der Waals surface area contributed by atoms with Gasteiger partial charge in [-0.1, -0.05) is 23.7 Å². The topological polar surface area (TPSA) is 48.1 Å². The van der Waals surface area contributed by atoms with Gasteiger partial charge in [-0.2, -0.15) is 0 Å². The van der Waals surface area contributed by atoms with E-state index < -0.39 is 0 Å². The van der Waals surface area contributed by atoms with Crippen LogP contribution in [0.25, 0.3) is 0 Å². The van der Waals surface area contributed by atoms with E-state index in [1.54, 1.807) is 25.3 Å². The monoisotopic (exact) mass is 442 g/mol. The van der Waals surface area contributed by atoms with Crippen molar-refractivity contribution in [3.05, 3.63) is 58.1 Å². The summed E-state index contributed by atoms with van der Waals surface area (Å²) in [6, 6.07) is 12.0. The average Bonchev–Trinajstić information content (AvgIpc) is 3.15. The van der Waals surface area contributed by atoms with Crippen LogP contribution < -0.4 is 15.0 Å². The van der Waals surface area contributed by atoms with Crippen LogP contribution in [0.1, 0.15) is 27.5 Å². The molecule has 0 bridgehead atoms. The second-order valence-electron chi connectivity index (χ2n) is 8.47. The second kappa shape index (κ2) is 9.47. The molecule has 1 N–H and O–H groups in total. The Morgan fingerprint density at radius 2 is 1.87 bits per heavy atom. The summed E-state index contributed by atoms with van der Waals surface area (Å²) in [5.41, 5.74) is 4.43. The minimum absolute atomic E-state index is 0.124. The average molecular weight is 443 g/mol. The molecule has 2 aromatic rings. The van der Waals surface area contributed by atoms with Crippen molar-refractivity contribution in [2.45, 2.75) is 12.5 Å². The molecule has 1 amide bonds. The minimum atomic E-state index is -0.167. The smallest absolute Gasteiger partial charge is 0.255 e. The van der Waals surface area contributed by atoms with Gasteiger partial charge in [0, 0.05) is 57.0 Å². The summed E-state index contributed by atoms with van der Waals surface area (Å²) >= 11 is 6.13. The van der Waals surface area contributed by atoms with Crippen molar-refractivity contribution in [2.24, 2.45) is 0 Å². The van der Waals surface area contributed by atoms with Crippen LogP contribution in [0.4, 0.5) is 5.69 Å². The van der Waals surface area contributed by atoms with Crippen molar-refractivity contribution in [3.8, 4) is 5.75 Å². The van der Waals surface area contributed by atoms with Crippen LogP contribution in [0.15, 0.2) is 36.4 Å². The van der Waals surface area contributed by atoms with Crippen molar-refractivity contribution in [1.82, 2.24) is 15.1 Å². The van der Waals surface area contributed by atoms with E-state index in [0.29, 0.717) is 22.9 Å². The Morgan fingerprint density at radius 1 is 1.10 bits per heavy atom. The van der Waals surface area contributed by atoms with Crippen LogP contribution in [0.3, 0.4) is 0 Å². The fourth-order valence-corrected chi connectivity index (χ4v) is 4.70. The Bertz CT molecular complexity index is 943. The lowest BCUT2D eigenvalue weighted by atomic mass is 10.00. The molecule has 0 saturated carbocycles. The maximum absolute atomic E-state index is 13.0. The zero-order valence-corrected chi connectivity index (χ0v) is 19.3. The Labute approximate surface area is 189 Å². The standard InChI is InChI=1S/C24H31ClN4O2/c1-27-10-12-29(13-11-27)22(17-4-6-21-18(14-17)8-9-28(21)2)16-26-24(30)20-15-19(25)5-7-23(20)31-3/h4-7,14-15,22H,8-13,16H2,1-3H3,(H,26,30)/t22-/m0/s1. The highest BCUT2D eigenvalue weighted by Gasteiger charge is 2.27. The largest absolute Gasteiger partial charge is 0.496 e. The van der Waals surface area contributed by atoms with E-state index >= 15 is 0 Å². The molecule has 0 unspecified atom stereocenters. The molecule has 1 saturated heterocycles. The molecular weight excluding hydrogens is 412 g/mol. The number of halogens is 1. The molecule has 0 aromatic heterocycles. The first-order valence-corrected chi connectivity index (χ1v) is 11.2. The number of hydrogen-bond acceptors (Lipinski definition) is 5. The summed E-state index contributed by atoms with van der Waals surface area (Å²) in [6.07, 6.45) is 1.07. The summed E-state index contributed by atoms with van der Waals surface area (Å²) in [5.74, 6) is 0.359. The van der Waals surface area contributed by atoms with Crippen LogP contribution in [0.5, 0.6) is 5.75 Å². The predicted octanol–water partition coefficient (Wildman–Crippen LogP) is 3.06. The number of rotatable bonds is 6. The Hall–Kier alpha value is -2.28. The normalized spacial score (nSPS) is 18.0. The summed E-state index contributed by atoms with van der Waals surface area (Å²) in [6.45, 7) is 5.61. The third-order valence-electron chi connectivity index (χ3n) is 6.46. The summed E-state index contributed by atoms with van der Waals surface area (Å²) in [7, 11) is 5.86. The number of hydrogen-bond donors (Lipinski definition) is 1. The van der Waals surface area contributed by atoms with E-state index in [0.717, 1.165) is 39.1 Å². The molecule has 166 valence electrons. The molecule has 0 radical (unpaired) electrons. The van der Waals surface area contributed by atoms with Crippen molar-refractivity contribution < 1.29 is 9.53 Å². The number of nitrogens with zero attached hydrogens (tertiary/aromatic N) is 3. The van der Waals surface area contributed by atoms with Gasteiger partial charge >= 0.3 is 0 Å². The molecule has 2 aromatic carbocycles. The maximum Gasteiger partial charge on any atom is 0.255 e. The van der Waals surface area contributed by atoms with Gasteiger partial charge in [0.15, 0.2) is 0 Å². The van der Waals surface area contributed by atoms with Crippen LogP contribution in [0.2, 0.25) is 5.02 Å². The molecule has 1 atom stereocenters. The van der Waals surface area contributed by atoms with E-state index in [1.807, 2.05) is 0 Å². The number of anilines is 1. The first-order valence-electron chi connectivity index (χ1n) is 10.8. The third kappa shape index (κ3) is 4.81. The van der Waals surface area contributed by atoms with Gasteiger partial charge in [-0.3, -0.25) is 9.69 Å². The van der Waals surface area contributed by atoms with Crippen molar-refractivity contribution >= 4 is 23.2 Å². The van der Waals surface area contributed by atoms with Gasteiger partial charge in [-0.15, -0.1) is 0 Å². The van der Waals surface area contributed by atoms with Crippen molar-refractivity contribution in [1.29, 1.82) is 0 Å². The van der Waals surface area contributed by atoms with Crippen LogP contribution >= 0.6 is 11.6 Å². The number of piperazine rings is 1. The van der Waals surface area contributed by atoms with E-state index in [-0.39, 0.29) is 11.9 Å². The SMILES string of the molecule is COc1ccc(Cl)cc1C(=O)NC[C@@H](c1ccc2c(c1)CCN2C)N1CCN(C)CC1. The molecule has 6 nitrogen and oxygen atoms in total. The molecule has 2 aliphatic heterocycles. The fraction of sp³-hybridized carbons (Fsp3) is 0.458. The molecule has 2 aliphatic rings. The number of carbonyl (C=O) groups is 1. The lowest BCUT2D eigenvalue weighted by Crippen LogP contribution is -2.48. The summed E-state index contributed by atoms with van der Waals surface area (Å²) < 4.78 is 5.36. The molecule has 1 fully saturated rings. The predicted molar refractivity (Wildman–Crippen MR) is 126 cm³/mol. The first kappa shape index (κ1) is 21.9. The summed E-state index contributed by atoms with van der Waals surface area (Å²) in [5, 5.41) is 3.66. The first-order chi connectivity index (χ1) is 15.0. The number of likely N-dealkylation sites (N-methyl/N-ethyl adjacent to an activating group) is 2. The number of ether oxygens (including phenoxy) is 1. The van der Waals surface area contributed by atoms with Crippen LogP contribution in [0, 0.1) is 0 Å². The maximum atomic E-state index is 13.0. The molecule has 4 rings (SSSR count). The molecule has 7 heteroatoms. The van der Waals surface area contributed by atoms with Gasteiger partial charge in [0.25, 0.3) is 5.91 Å². The number of methoxy groups -OCH3 is 1. The molecule has 2 heterocycles. The Morgan fingerprint density at radius 3 is 2.61 bits per heavy atom. The number of amides is 1. The third-order valence-corrected chi connectivity index (χ3v) is 6.69. The lowest BCUT2D eigenvalue weighted by Gasteiger charge is -2.38. The van der Waals surface area contributed by atoms with Crippen molar-refractivity contribution in [3.63, 3.8) is 0 Å². The highest BCUT2D eigenvalue weighted by atomic mass is 35.5. The van der Waals surface area contributed by atoms with E-state index in [1.165, 1.54) is 16.8 Å². The molecule has 31 heavy (non-hydrogen) atoms. The highest BCUT2D eigenvalue weighted by Crippen LogP contribution is 2.31. The van der Waals surface area contributed by atoms with Crippen molar-refractivity contribution in [2.75, 3.05) is 65.4 Å². The second-order valence-corrected chi connectivity index (χ2v) is 8.91. The number of carbonyl (C=O) groups excluding carboxylic acids is 1. The quantitative estimate of drug-likeness (QED) is 0.745. The van der Waals surface area contributed by atoms with Gasteiger partial charge < -0.3 is 19.9 Å². The van der Waals surface area contributed by atoms with E-state index in [2.05, 4.69) is 52.3 Å². The zero-order valence-electron chi connectivity index (χ0n) is 18.5. The molecule has 0 aliphatic carbocycles. The highest BCUT2D eigenvalue weighted by molar-refractivity contribution is 6.31. The van der Waals surface area contributed by atoms with Gasteiger partial charge in [0.05, 0.1) is 18.7 Å². The van der Waals surface area contributed by atoms with Crippen LogP contribution in [-0.4, -0.2) is 76.2 Å². The lowest BCUT2D eigenvalue weighted by molar-refractivity contribution is 0.0883. The Balaban J connectivity index is 1.55. The van der Waals surface area contributed by atoms with E-state index in [9.17, 15) is 4.79 Å². The number of benzene rings is 2. The fourth-order valence-electron chi connectivity index (χ4n) is 4.53. The van der Waals surface area contributed by atoms with Gasteiger partial charge in [-0.05, 0) is 48.9 Å². The van der Waals surface area contributed by atoms with E-state index in [4.69, 9.17) is 16.3 Å². The minimum Gasteiger partial charge on any atom is -0.496 e.